The van der Waals surface area contributed by atoms with E-state index in [0.29, 0.717) is 24.3 Å². The van der Waals surface area contributed by atoms with E-state index in [-0.39, 0.29) is 42.3 Å². The van der Waals surface area contributed by atoms with E-state index in [1.165, 1.54) is 20.3 Å². The van der Waals surface area contributed by atoms with Gasteiger partial charge in [-0.3, -0.25) is 9.59 Å². The van der Waals surface area contributed by atoms with Crippen molar-refractivity contribution in [3.63, 3.8) is 0 Å². The van der Waals surface area contributed by atoms with E-state index in [9.17, 15) is 19.8 Å². The van der Waals surface area contributed by atoms with Crippen molar-refractivity contribution in [3.05, 3.63) is 47.5 Å². The molecular weight excluding hydrogens is 348 g/mol. The minimum Gasteiger partial charge on any atom is -0.504 e. The Morgan fingerprint density at radius 2 is 1.33 bits per heavy atom. The molecule has 2 rings (SSSR count). The molecule has 0 spiro atoms. The number of Topliss-reactive ketones (excluding diaryl/α,β-unsaturated/α-hetero) is 2. The fourth-order valence-corrected chi connectivity index (χ4v) is 2.73. The summed E-state index contributed by atoms with van der Waals surface area (Å²) < 4.78 is 10.0. The molecule has 2 N–H and O–H groups in total. The predicted molar refractivity (Wildman–Crippen MR) is 101 cm³/mol. The standard InChI is InChI=1S/C21H24O6/c1-26-20-10-6-14(11-19(20)25)3-7-16(22)13-17(23)8-4-15-5-9-18(24)21(12-15)27-2/h5-6,9-12,24-25H,3-4,7-8,13H2,1-2H3. The Balaban J connectivity index is 1.78. The van der Waals surface area contributed by atoms with E-state index in [0.717, 1.165) is 11.1 Å². The smallest absolute Gasteiger partial charge is 0.160 e. The number of aromatic hydroxyl groups is 2. The van der Waals surface area contributed by atoms with Gasteiger partial charge >= 0.3 is 0 Å². The number of rotatable bonds is 10. The fourth-order valence-electron chi connectivity index (χ4n) is 2.73. The molecule has 0 aliphatic heterocycles. The van der Waals surface area contributed by atoms with E-state index >= 15 is 0 Å². The van der Waals surface area contributed by atoms with Gasteiger partial charge in [-0.15, -0.1) is 0 Å². The Morgan fingerprint density at radius 1 is 0.778 bits per heavy atom. The molecule has 0 radical (unpaired) electrons. The highest BCUT2D eigenvalue weighted by atomic mass is 16.5. The van der Waals surface area contributed by atoms with Crippen LogP contribution in [0.15, 0.2) is 36.4 Å². The number of carbonyl (C=O) groups is 2. The molecule has 2 aromatic carbocycles. The number of hydrogen-bond acceptors (Lipinski definition) is 6. The topological polar surface area (TPSA) is 93.1 Å². The van der Waals surface area contributed by atoms with E-state index < -0.39 is 0 Å². The number of carbonyl (C=O) groups excluding carboxylic acids is 2. The van der Waals surface area contributed by atoms with Crippen molar-refractivity contribution in [1.82, 2.24) is 0 Å². The lowest BCUT2D eigenvalue weighted by atomic mass is 10.0. The number of phenolic OH excluding ortho intramolecular Hbond substituents is 2. The third-order valence-corrected chi connectivity index (χ3v) is 4.27. The van der Waals surface area contributed by atoms with Crippen LogP contribution in [0.5, 0.6) is 23.0 Å². The second-order valence-electron chi connectivity index (χ2n) is 6.27. The first kappa shape index (κ1) is 20.3. The molecule has 0 fully saturated rings. The second kappa shape index (κ2) is 9.62. The first-order valence-electron chi connectivity index (χ1n) is 8.68. The molecule has 0 amide bonds. The third kappa shape index (κ3) is 6.02. The molecule has 0 aliphatic carbocycles. The van der Waals surface area contributed by atoms with Crippen molar-refractivity contribution in [2.24, 2.45) is 0 Å². The zero-order valence-corrected chi connectivity index (χ0v) is 15.5. The summed E-state index contributed by atoms with van der Waals surface area (Å²) >= 11 is 0. The van der Waals surface area contributed by atoms with Gasteiger partial charge in [0.25, 0.3) is 0 Å². The van der Waals surface area contributed by atoms with Gasteiger partial charge in [-0.2, -0.15) is 0 Å². The highest BCUT2D eigenvalue weighted by Crippen LogP contribution is 2.27. The van der Waals surface area contributed by atoms with Gasteiger partial charge in [0, 0.05) is 12.8 Å². The van der Waals surface area contributed by atoms with Crippen LogP contribution in [0, 0.1) is 0 Å². The molecule has 0 aliphatic rings. The van der Waals surface area contributed by atoms with E-state index in [1.54, 1.807) is 30.3 Å². The monoisotopic (exact) mass is 372 g/mol. The number of hydrogen-bond donors (Lipinski definition) is 2. The maximum atomic E-state index is 12.0. The lowest BCUT2D eigenvalue weighted by Crippen LogP contribution is -2.09. The van der Waals surface area contributed by atoms with Crippen LogP contribution in [0.3, 0.4) is 0 Å². The quantitative estimate of drug-likeness (QED) is 0.622. The lowest BCUT2D eigenvalue weighted by molar-refractivity contribution is -0.126. The molecule has 0 unspecified atom stereocenters. The van der Waals surface area contributed by atoms with Gasteiger partial charge < -0.3 is 19.7 Å². The van der Waals surface area contributed by atoms with Gasteiger partial charge in [0.2, 0.25) is 0 Å². The lowest BCUT2D eigenvalue weighted by Gasteiger charge is -2.07. The molecule has 144 valence electrons. The van der Waals surface area contributed by atoms with Crippen LogP contribution >= 0.6 is 0 Å². The molecular formula is C21H24O6. The van der Waals surface area contributed by atoms with Crippen LogP contribution in [0.4, 0.5) is 0 Å². The number of methoxy groups -OCH3 is 2. The van der Waals surface area contributed by atoms with E-state index in [1.807, 2.05) is 0 Å². The van der Waals surface area contributed by atoms with Gasteiger partial charge in [0.1, 0.15) is 11.6 Å². The minimum absolute atomic E-state index is 0.0304. The number of ether oxygens (including phenoxy) is 2. The number of ketones is 2. The Kier molecular flexibility index (Phi) is 7.23. The normalized spacial score (nSPS) is 10.4. The van der Waals surface area contributed by atoms with Crippen LogP contribution in [-0.4, -0.2) is 36.0 Å². The second-order valence-corrected chi connectivity index (χ2v) is 6.27. The molecule has 0 saturated carbocycles. The molecule has 27 heavy (non-hydrogen) atoms. The van der Waals surface area contributed by atoms with Gasteiger partial charge in [0.15, 0.2) is 23.0 Å². The summed E-state index contributed by atoms with van der Waals surface area (Å²) in [5, 5.41) is 19.3. The predicted octanol–water partition coefficient (Wildman–Crippen LogP) is 3.21. The summed E-state index contributed by atoms with van der Waals surface area (Å²) in [5.41, 5.74) is 1.67. The zero-order chi connectivity index (χ0) is 19.8. The number of aryl methyl sites for hydroxylation is 2. The summed E-state index contributed by atoms with van der Waals surface area (Å²) in [5.74, 6) is 0.572. The molecule has 0 heterocycles. The summed E-state index contributed by atoms with van der Waals surface area (Å²) in [6.45, 7) is 0. The van der Waals surface area contributed by atoms with Crippen molar-refractivity contribution in [1.29, 1.82) is 0 Å². The Labute approximate surface area is 158 Å². The van der Waals surface area contributed by atoms with Crippen LogP contribution in [-0.2, 0) is 22.4 Å². The molecule has 0 atom stereocenters. The van der Waals surface area contributed by atoms with Gasteiger partial charge in [-0.05, 0) is 48.2 Å². The maximum Gasteiger partial charge on any atom is 0.160 e. The van der Waals surface area contributed by atoms with Crippen LogP contribution < -0.4 is 9.47 Å². The molecule has 6 heteroatoms. The maximum absolute atomic E-state index is 12.0. The zero-order valence-electron chi connectivity index (χ0n) is 15.5. The van der Waals surface area contributed by atoms with Crippen molar-refractivity contribution < 1.29 is 29.3 Å². The molecule has 6 nitrogen and oxygen atoms in total. The van der Waals surface area contributed by atoms with E-state index in [4.69, 9.17) is 9.47 Å². The van der Waals surface area contributed by atoms with Crippen LogP contribution in [0.1, 0.15) is 30.4 Å². The van der Waals surface area contributed by atoms with Gasteiger partial charge in [0.05, 0.1) is 20.6 Å². The summed E-state index contributed by atoms with van der Waals surface area (Å²) in [6, 6.07) is 9.92. The Bertz CT molecular complexity index is 812. The summed E-state index contributed by atoms with van der Waals surface area (Å²) in [4.78, 5) is 24.1. The highest BCUT2D eigenvalue weighted by molar-refractivity contribution is 5.99. The third-order valence-electron chi connectivity index (χ3n) is 4.27. The van der Waals surface area contributed by atoms with Gasteiger partial charge in [-0.25, -0.2) is 0 Å². The van der Waals surface area contributed by atoms with Crippen molar-refractivity contribution in [3.8, 4) is 23.0 Å². The molecule has 0 saturated heterocycles. The minimum atomic E-state index is -0.126. The van der Waals surface area contributed by atoms with Gasteiger partial charge in [-0.1, -0.05) is 12.1 Å². The first-order valence-corrected chi connectivity index (χ1v) is 8.68. The average molecular weight is 372 g/mol. The number of benzene rings is 2. The molecule has 2 aromatic rings. The Morgan fingerprint density at radius 3 is 1.89 bits per heavy atom. The largest absolute Gasteiger partial charge is 0.504 e. The van der Waals surface area contributed by atoms with E-state index in [2.05, 4.69) is 0 Å². The number of phenols is 2. The highest BCUT2D eigenvalue weighted by Gasteiger charge is 2.12. The Hall–Kier alpha value is -3.02. The van der Waals surface area contributed by atoms with Crippen molar-refractivity contribution in [2.75, 3.05) is 14.2 Å². The van der Waals surface area contributed by atoms with Crippen LogP contribution in [0.2, 0.25) is 0 Å². The SMILES string of the molecule is COc1ccc(CCC(=O)CC(=O)CCc2ccc(O)c(OC)c2)cc1O. The average Bonchev–Trinajstić information content (AvgIpc) is 2.65. The van der Waals surface area contributed by atoms with Crippen LogP contribution in [0.25, 0.3) is 0 Å². The van der Waals surface area contributed by atoms with Crippen molar-refractivity contribution in [2.45, 2.75) is 32.1 Å². The summed E-state index contributed by atoms with van der Waals surface area (Å²) in [6.07, 6.45) is 1.33. The van der Waals surface area contributed by atoms with Crippen molar-refractivity contribution >= 4 is 11.6 Å². The first-order chi connectivity index (χ1) is 12.9. The molecule has 0 bridgehead atoms. The molecule has 0 aromatic heterocycles. The fraction of sp³-hybridized carbons (Fsp3) is 0.333. The summed E-state index contributed by atoms with van der Waals surface area (Å²) in [7, 11) is 2.93.